The largest absolute Gasteiger partial charge is 0.289 e. The summed E-state index contributed by atoms with van der Waals surface area (Å²) in [5.41, 5.74) is 7.80. The SMILES string of the molecule is Cc1c(C)c(C)c(C(=O)/C=C/c2ccccc2)c(C)c1C. The van der Waals surface area contributed by atoms with Crippen molar-refractivity contribution >= 4 is 11.9 Å². The second kappa shape index (κ2) is 6.09. The maximum Gasteiger partial charge on any atom is 0.186 e. The molecule has 0 saturated heterocycles. The normalized spacial score (nSPS) is 11.1. The third-order valence-corrected chi connectivity index (χ3v) is 4.47. The van der Waals surface area contributed by atoms with E-state index in [1.807, 2.05) is 50.3 Å². The highest BCUT2D eigenvalue weighted by Gasteiger charge is 2.16. The summed E-state index contributed by atoms with van der Waals surface area (Å²) < 4.78 is 0. The van der Waals surface area contributed by atoms with Crippen molar-refractivity contribution in [3.63, 3.8) is 0 Å². The summed E-state index contributed by atoms with van der Waals surface area (Å²) in [6.45, 7) is 10.4. The standard InChI is InChI=1S/C20H22O/c1-13-14(2)16(4)20(17(5)15(13)3)19(21)12-11-18-9-7-6-8-10-18/h6-12H,1-5H3/b12-11+. The van der Waals surface area contributed by atoms with E-state index in [4.69, 9.17) is 0 Å². The molecule has 0 spiro atoms. The van der Waals surface area contributed by atoms with E-state index in [0.29, 0.717) is 0 Å². The third kappa shape index (κ3) is 2.97. The van der Waals surface area contributed by atoms with E-state index in [1.54, 1.807) is 6.08 Å². The van der Waals surface area contributed by atoms with Gasteiger partial charge in [0, 0.05) is 5.56 Å². The molecule has 1 nitrogen and oxygen atoms in total. The zero-order valence-electron chi connectivity index (χ0n) is 13.4. The van der Waals surface area contributed by atoms with Crippen molar-refractivity contribution < 1.29 is 4.79 Å². The highest BCUT2D eigenvalue weighted by molar-refractivity contribution is 6.09. The van der Waals surface area contributed by atoms with Crippen LogP contribution < -0.4 is 0 Å². The summed E-state index contributed by atoms with van der Waals surface area (Å²) in [6, 6.07) is 9.91. The molecule has 2 rings (SSSR count). The summed E-state index contributed by atoms with van der Waals surface area (Å²) >= 11 is 0. The molecule has 2 aromatic rings. The number of hydrogen-bond acceptors (Lipinski definition) is 1. The van der Waals surface area contributed by atoms with Crippen LogP contribution in [0, 0.1) is 34.6 Å². The molecule has 0 aliphatic carbocycles. The van der Waals surface area contributed by atoms with Crippen LogP contribution in [0.1, 0.15) is 43.7 Å². The Kier molecular flexibility index (Phi) is 4.42. The predicted molar refractivity (Wildman–Crippen MR) is 89.9 cm³/mol. The fourth-order valence-corrected chi connectivity index (χ4v) is 2.69. The smallest absolute Gasteiger partial charge is 0.186 e. The van der Waals surface area contributed by atoms with Gasteiger partial charge in [-0.25, -0.2) is 0 Å². The van der Waals surface area contributed by atoms with Crippen molar-refractivity contribution in [2.24, 2.45) is 0 Å². The molecule has 0 saturated carbocycles. The van der Waals surface area contributed by atoms with Gasteiger partial charge in [0.25, 0.3) is 0 Å². The Balaban J connectivity index is 2.43. The Hall–Kier alpha value is -2.15. The van der Waals surface area contributed by atoms with E-state index in [1.165, 1.54) is 16.7 Å². The van der Waals surface area contributed by atoms with Crippen LogP contribution in [-0.4, -0.2) is 5.78 Å². The zero-order chi connectivity index (χ0) is 15.6. The molecule has 0 fully saturated rings. The summed E-state index contributed by atoms with van der Waals surface area (Å²) in [5.74, 6) is 0.0834. The van der Waals surface area contributed by atoms with Gasteiger partial charge in [0.05, 0.1) is 0 Å². The van der Waals surface area contributed by atoms with E-state index < -0.39 is 0 Å². The summed E-state index contributed by atoms with van der Waals surface area (Å²) in [6.07, 6.45) is 3.56. The number of ketones is 1. The molecular formula is C20H22O. The lowest BCUT2D eigenvalue weighted by molar-refractivity contribution is 0.104. The van der Waals surface area contributed by atoms with Crippen LogP contribution in [0.25, 0.3) is 6.08 Å². The number of allylic oxidation sites excluding steroid dienone is 1. The van der Waals surface area contributed by atoms with Gasteiger partial charge in [0.15, 0.2) is 5.78 Å². The molecule has 0 aromatic heterocycles. The van der Waals surface area contributed by atoms with Crippen LogP contribution in [0.3, 0.4) is 0 Å². The lowest BCUT2D eigenvalue weighted by Crippen LogP contribution is -2.07. The highest BCUT2D eigenvalue weighted by Crippen LogP contribution is 2.26. The van der Waals surface area contributed by atoms with Gasteiger partial charge in [0.1, 0.15) is 0 Å². The Morgan fingerprint density at radius 3 is 1.76 bits per heavy atom. The first-order valence-electron chi connectivity index (χ1n) is 7.28. The van der Waals surface area contributed by atoms with Crippen molar-refractivity contribution in [3.8, 4) is 0 Å². The van der Waals surface area contributed by atoms with Crippen molar-refractivity contribution in [2.75, 3.05) is 0 Å². The predicted octanol–water partition coefficient (Wildman–Crippen LogP) is 5.12. The Morgan fingerprint density at radius 1 is 0.762 bits per heavy atom. The Morgan fingerprint density at radius 2 is 1.24 bits per heavy atom. The lowest BCUT2D eigenvalue weighted by atomic mass is 9.87. The second-order valence-electron chi connectivity index (χ2n) is 5.61. The zero-order valence-corrected chi connectivity index (χ0v) is 13.4. The van der Waals surface area contributed by atoms with Crippen LogP contribution in [0.15, 0.2) is 36.4 Å². The molecule has 21 heavy (non-hydrogen) atoms. The van der Waals surface area contributed by atoms with Crippen LogP contribution in [0.2, 0.25) is 0 Å². The van der Waals surface area contributed by atoms with E-state index in [-0.39, 0.29) is 5.78 Å². The first-order valence-corrected chi connectivity index (χ1v) is 7.28. The average molecular weight is 278 g/mol. The second-order valence-corrected chi connectivity index (χ2v) is 5.61. The van der Waals surface area contributed by atoms with Crippen LogP contribution >= 0.6 is 0 Å². The topological polar surface area (TPSA) is 17.1 Å². The molecule has 0 atom stereocenters. The minimum Gasteiger partial charge on any atom is -0.289 e. The van der Waals surface area contributed by atoms with E-state index in [9.17, 15) is 4.79 Å². The number of carbonyl (C=O) groups is 1. The number of carbonyl (C=O) groups excluding carboxylic acids is 1. The molecule has 0 heterocycles. The first-order chi connectivity index (χ1) is 9.93. The number of hydrogen-bond donors (Lipinski definition) is 0. The molecular weight excluding hydrogens is 256 g/mol. The van der Waals surface area contributed by atoms with Crippen LogP contribution in [-0.2, 0) is 0 Å². The van der Waals surface area contributed by atoms with Gasteiger partial charge in [0.2, 0.25) is 0 Å². The summed E-state index contributed by atoms with van der Waals surface area (Å²) in [7, 11) is 0. The Labute approximate surface area is 127 Å². The highest BCUT2D eigenvalue weighted by atomic mass is 16.1. The lowest BCUT2D eigenvalue weighted by Gasteiger charge is -2.16. The van der Waals surface area contributed by atoms with Gasteiger partial charge in [-0.15, -0.1) is 0 Å². The monoisotopic (exact) mass is 278 g/mol. The van der Waals surface area contributed by atoms with E-state index >= 15 is 0 Å². The average Bonchev–Trinajstić information content (AvgIpc) is 2.50. The van der Waals surface area contributed by atoms with Gasteiger partial charge >= 0.3 is 0 Å². The maximum atomic E-state index is 12.6. The minimum atomic E-state index is 0.0834. The third-order valence-electron chi connectivity index (χ3n) is 4.47. The summed E-state index contributed by atoms with van der Waals surface area (Å²) in [5, 5.41) is 0. The van der Waals surface area contributed by atoms with Gasteiger partial charge < -0.3 is 0 Å². The Bertz CT molecular complexity index is 677. The number of benzene rings is 2. The molecule has 0 aliphatic rings. The molecule has 0 N–H and O–H groups in total. The molecule has 0 amide bonds. The molecule has 0 bridgehead atoms. The first kappa shape index (κ1) is 15.2. The molecule has 2 aromatic carbocycles. The van der Waals surface area contributed by atoms with Crippen molar-refractivity contribution in [1.29, 1.82) is 0 Å². The van der Waals surface area contributed by atoms with Crippen molar-refractivity contribution in [2.45, 2.75) is 34.6 Å². The summed E-state index contributed by atoms with van der Waals surface area (Å²) in [4.78, 5) is 12.6. The molecule has 0 radical (unpaired) electrons. The quantitative estimate of drug-likeness (QED) is 0.562. The minimum absolute atomic E-state index is 0.0834. The van der Waals surface area contributed by atoms with Gasteiger partial charge in [-0.1, -0.05) is 36.4 Å². The van der Waals surface area contributed by atoms with E-state index in [0.717, 1.165) is 22.3 Å². The fourth-order valence-electron chi connectivity index (χ4n) is 2.69. The molecule has 0 unspecified atom stereocenters. The van der Waals surface area contributed by atoms with Crippen LogP contribution in [0.5, 0.6) is 0 Å². The van der Waals surface area contributed by atoms with Gasteiger partial charge in [-0.05, 0) is 74.1 Å². The van der Waals surface area contributed by atoms with Gasteiger partial charge in [-0.3, -0.25) is 4.79 Å². The molecule has 0 aliphatic heterocycles. The van der Waals surface area contributed by atoms with E-state index in [2.05, 4.69) is 20.8 Å². The van der Waals surface area contributed by atoms with Crippen LogP contribution in [0.4, 0.5) is 0 Å². The molecule has 1 heteroatoms. The molecule has 108 valence electrons. The van der Waals surface area contributed by atoms with Crippen molar-refractivity contribution in [3.05, 3.63) is 75.4 Å². The fraction of sp³-hybridized carbons (Fsp3) is 0.250. The number of rotatable bonds is 3. The maximum absolute atomic E-state index is 12.6. The van der Waals surface area contributed by atoms with Crippen molar-refractivity contribution in [1.82, 2.24) is 0 Å². The van der Waals surface area contributed by atoms with Gasteiger partial charge in [-0.2, -0.15) is 0 Å².